The molecule has 0 aliphatic rings. The number of anilines is 2. The topological polar surface area (TPSA) is 90.2 Å². The average molecular weight is 386 g/mol. The van der Waals surface area contributed by atoms with Crippen molar-refractivity contribution in [2.45, 2.75) is 13.8 Å². The maximum atomic E-state index is 11.8. The van der Waals surface area contributed by atoms with Crippen molar-refractivity contribution in [3.63, 3.8) is 0 Å². The minimum absolute atomic E-state index is 0.0696. The molecule has 1 aromatic heterocycles. The Labute approximate surface area is 167 Å². The van der Waals surface area contributed by atoms with E-state index in [1.165, 1.54) is 6.33 Å². The molecule has 0 aliphatic heterocycles. The first-order valence-electron chi connectivity index (χ1n) is 9.02. The van der Waals surface area contributed by atoms with Crippen LogP contribution in [0.4, 0.5) is 17.2 Å². The molecule has 0 atom stereocenters. The van der Waals surface area contributed by atoms with E-state index < -0.39 is 4.92 Å². The Balaban J connectivity index is 1.75. The molecule has 0 saturated carbocycles. The first-order chi connectivity index (χ1) is 14.0. The zero-order valence-corrected chi connectivity index (χ0v) is 15.9. The molecule has 29 heavy (non-hydrogen) atoms. The van der Waals surface area contributed by atoms with Crippen molar-refractivity contribution in [1.29, 1.82) is 0 Å². The van der Waals surface area contributed by atoms with Crippen LogP contribution in [0, 0.1) is 24.0 Å². The average Bonchev–Trinajstić information content (AvgIpc) is 2.71. The van der Waals surface area contributed by atoms with Gasteiger partial charge in [0.25, 0.3) is 0 Å². The predicted molar refractivity (Wildman–Crippen MR) is 112 cm³/mol. The van der Waals surface area contributed by atoms with Gasteiger partial charge in [0.2, 0.25) is 5.82 Å². The SMILES string of the molecule is Cc1ccc(Oc2ncnc(Nc3cccc4ccccc34)c2[N+](=O)[O-])cc1C. The van der Waals surface area contributed by atoms with Crippen molar-refractivity contribution in [3.8, 4) is 11.6 Å². The second-order valence-electron chi connectivity index (χ2n) is 6.63. The lowest BCUT2D eigenvalue weighted by Gasteiger charge is -2.11. The Kier molecular flexibility index (Phi) is 4.78. The van der Waals surface area contributed by atoms with Gasteiger partial charge in [-0.3, -0.25) is 10.1 Å². The molecule has 0 radical (unpaired) electrons. The van der Waals surface area contributed by atoms with E-state index in [2.05, 4.69) is 15.3 Å². The van der Waals surface area contributed by atoms with E-state index in [-0.39, 0.29) is 17.4 Å². The minimum atomic E-state index is -0.538. The smallest absolute Gasteiger partial charge is 0.373 e. The van der Waals surface area contributed by atoms with Crippen LogP contribution >= 0.6 is 0 Å². The number of aryl methyl sites for hydroxylation is 2. The van der Waals surface area contributed by atoms with Gasteiger partial charge in [-0.05, 0) is 48.6 Å². The second-order valence-corrected chi connectivity index (χ2v) is 6.63. The number of hydrogen-bond acceptors (Lipinski definition) is 6. The summed E-state index contributed by atoms with van der Waals surface area (Å²) >= 11 is 0. The Bertz CT molecular complexity index is 1220. The molecule has 0 fully saturated rings. The van der Waals surface area contributed by atoms with Crippen LogP contribution < -0.4 is 10.1 Å². The number of ether oxygens (including phenoxy) is 1. The summed E-state index contributed by atoms with van der Waals surface area (Å²) in [5, 5.41) is 16.8. The van der Waals surface area contributed by atoms with E-state index in [1.807, 2.05) is 68.4 Å². The highest BCUT2D eigenvalue weighted by atomic mass is 16.6. The number of rotatable bonds is 5. The van der Waals surface area contributed by atoms with E-state index in [1.54, 1.807) is 6.07 Å². The van der Waals surface area contributed by atoms with Crippen molar-refractivity contribution in [1.82, 2.24) is 9.97 Å². The van der Waals surface area contributed by atoms with Crippen LogP contribution in [-0.2, 0) is 0 Å². The van der Waals surface area contributed by atoms with Crippen molar-refractivity contribution in [2.24, 2.45) is 0 Å². The summed E-state index contributed by atoms with van der Waals surface area (Å²) in [6.07, 6.45) is 1.25. The van der Waals surface area contributed by atoms with Gasteiger partial charge in [-0.15, -0.1) is 0 Å². The van der Waals surface area contributed by atoms with Gasteiger partial charge in [0.1, 0.15) is 12.1 Å². The monoisotopic (exact) mass is 386 g/mol. The van der Waals surface area contributed by atoms with Crippen LogP contribution in [0.25, 0.3) is 10.8 Å². The van der Waals surface area contributed by atoms with Crippen molar-refractivity contribution in [3.05, 3.63) is 88.2 Å². The van der Waals surface area contributed by atoms with Crippen molar-refractivity contribution in [2.75, 3.05) is 5.32 Å². The number of nitro groups is 1. The van der Waals surface area contributed by atoms with Crippen LogP contribution in [0.1, 0.15) is 11.1 Å². The van der Waals surface area contributed by atoms with Gasteiger partial charge in [0.05, 0.1) is 4.92 Å². The van der Waals surface area contributed by atoms with Crippen LogP contribution in [0.2, 0.25) is 0 Å². The van der Waals surface area contributed by atoms with E-state index in [0.717, 1.165) is 21.9 Å². The largest absolute Gasteiger partial charge is 0.434 e. The molecule has 0 amide bonds. The minimum Gasteiger partial charge on any atom is -0.434 e. The number of nitrogens with zero attached hydrogens (tertiary/aromatic N) is 3. The zero-order chi connectivity index (χ0) is 20.4. The number of fused-ring (bicyclic) bond motifs is 1. The van der Waals surface area contributed by atoms with E-state index in [0.29, 0.717) is 11.4 Å². The second kappa shape index (κ2) is 7.55. The highest BCUT2D eigenvalue weighted by molar-refractivity contribution is 5.95. The molecular formula is C22H18N4O3. The van der Waals surface area contributed by atoms with E-state index >= 15 is 0 Å². The molecule has 4 rings (SSSR count). The van der Waals surface area contributed by atoms with Crippen LogP contribution in [-0.4, -0.2) is 14.9 Å². The maximum Gasteiger partial charge on any atom is 0.373 e. The summed E-state index contributed by atoms with van der Waals surface area (Å²) in [7, 11) is 0. The third-order valence-corrected chi connectivity index (χ3v) is 4.71. The fraction of sp³-hybridized carbons (Fsp3) is 0.0909. The summed E-state index contributed by atoms with van der Waals surface area (Å²) in [5.41, 5.74) is 2.52. The molecule has 4 aromatic rings. The Hall–Kier alpha value is -4.00. The molecule has 0 saturated heterocycles. The summed E-state index contributed by atoms with van der Waals surface area (Å²) in [4.78, 5) is 19.4. The molecule has 1 N–H and O–H groups in total. The highest BCUT2D eigenvalue weighted by Crippen LogP contribution is 2.37. The number of aromatic nitrogens is 2. The van der Waals surface area contributed by atoms with Gasteiger partial charge in [0.15, 0.2) is 0 Å². The maximum absolute atomic E-state index is 11.8. The molecule has 0 bridgehead atoms. The molecule has 144 valence electrons. The van der Waals surface area contributed by atoms with Gasteiger partial charge in [-0.1, -0.05) is 42.5 Å². The standard InChI is InChI=1S/C22H18N4O3/c1-14-10-11-17(12-15(14)2)29-22-20(26(27)28)21(23-13-24-22)25-19-9-5-7-16-6-3-4-8-18(16)19/h3-13H,1-2H3,(H,23,24,25). The fourth-order valence-corrected chi connectivity index (χ4v) is 3.04. The summed E-state index contributed by atoms with van der Waals surface area (Å²) in [5.74, 6) is 0.433. The zero-order valence-electron chi connectivity index (χ0n) is 15.9. The van der Waals surface area contributed by atoms with Crippen molar-refractivity contribution >= 4 is 28.0 Å². The first kappa shape index (κ1) is 18.4. The quantitative estimate of drug-likeness (QED) is 0.350. The highest BCUT2D eigenvalue weighted by Gasteiger charge is 2.25. The summed E-state index contributed by atoms with van der Waals surface area (Å²) in [6.45, 7) is 3.93. The van der Waals surface area contributed by atoms with Gasteiger partial charge >= 0.3 is 11.6 Å². The summed E-state index contributed by atoms with van der Waals surface area (Å²) < 4.78 is 5.74. The lowest BCUT2D eigenvalue weighted by Crippen LogP contribution is -2.04. The van der Waals surface area contributed by atoms with Crippen LogP contribution in [0.3, 0.4) is 0 Å². The first-order valence-corrected chi connectivity index (χ1v) is 9.02. The molecule has 7 heteroatoms. The molecule has 0 unspecified atom stereocenters. The van der Waals surface area contributed by atoms with Crippen molar-refractivity contribution < 1.29 is 9.66 Å². The van der Waals surface area contributed by atoms with E-state index in [4.69, 9.17) is 4.74 Å². The molecule has 3 aromatic carbocycles. The van der Waals surface area contributed by atoms with E-state index in [9.17, 15) is 10.1 Å². The summed E-state index contributed by atoms with van der Waals surface area (Å²) in [6, 6.07) is 18.9. The van der Waals surface area contributed by atoms with Gasteiger partial charge < -0.3 is 10.1 Å². The molecule has 0 spiro atoms. The van der Waals surface area contributed by atoms with Gasteiger partial charge in [0, 0.05) is 11.1 Å². The van der Waals surface area contributed by atoms with Crippen LogP contribution in [0.5, 0.6) is 11.6 Å². The molecule has 1 heterocycles. The number of hydrogen-bond donors (Lipinski definition) is 1. The third kappa shape index (κ3) is 3.70. The molecular weight excluding hydrogens is 368 g/mol. The Morgan fingerprint density at radius 1 is 0.966 bits per heavy atom. The fourth-order valence-electron chi connectivity index (χ4n) is 3.04. The lowest BCUT2D eigenvalue weighted by molar-refractivity contribution is -0.385. The third-order valence-electron chi connectivity index (χ3n) is 4.71. The Morgan fingerprint density at radius 2 is 1.76 bits per heavy atom. The number of nitrogens with one attached hydrogen (secondary N) is 1. The Morgan fingerprint density at radius 3 is 2.55 bits per heavy atom. The molecule has 7 nitrogen and oxygen atoms in total. The normalized spacial score (nSPS) is 10.7. The van der Waals surface area contributed by atoms with Gasteiger partial charge in [-0.25, -0.2) is 4.98 Å². The number of benzene rings is 3. The lowest BCUT2D eigenvalue weighted by atomic mass is 10.1. The molecule has 0 aliphatic carbocycles. The van der Waals surface area contributed by atoms with Gasteiger partial charge in [-0.2, -0.15) is 4.98 Å². The predicted octanol–water partition coefficient (Wildman–Crippen LogP) is 5.69. The van der Waals surface area contributed by atoms with Crippen LogP contribution in [0.15, 0.2) is 67.0 Å².